The average molecular weight is 398 g/mol. The van der Waals surface area contributed by atoms with Crippen LogP contribution in [0.4, 0.5) is 0 Å². The fourth-order valence-corrected chi connectivity index (χ4v) is 5.74. The highest BCUT2D eigenvalue weighted by Crippen LogP contribution is 2.38. The monoisotopic (exact) mass is 397 g/mol. The molecule has 0 aromatic carbocycles. The smallest absolute Gasteiger partial charge is 0.271 e. The number of furan rings is 1. The number of nitrogens with zero attached hydrogens (tertiary/aromatic N) is 2. The topological polar surface area (TPSA) is 67.5 Å². The van der Waals surface area contributed by atoms with Crippen molar-refractivity contribution >= 4 is 22.9 Å². The second-order valence-electron chi connectivity index (χ2n) is 9.42. The maximum absolute atomic E-state index is 13.7. The van der Waals surface area contributed by atoms with Gasteiger partial charge in [-0.15, -0.1) is 0 Å². The molecular formula is C23H31N3O3. The van der Waals surface area contributed by atoms with Crippen LogP contribution in [0.5, 0.6) is 0 Å². The molecule has 6 heteroatoms. The number of aromatic nitrogens is 1. The van der Waals surface area contributed by atoms with Crippen LogP contribution in [0.15, 0.2) is 16.5 Å². The van der Waals surface area contributed by atoms with E-state index in [9.17, 15) is 9.59 Å². The van der Waals surface area contributed by atoms with E-state index in [-0.39, 0.29) is 23.9 Å². The van der Waals surface area contributed by atoms with E-state index in [1.165, 1.54) is 19.3 Å². The Morgan fingerprint density at radius 2 is 1.79 bits per heavy atom. The molecular weight excluding hydrogens is 366 g/mol. The van der Waals surface area contributed by atoms with Gasteiger partial charge in [0.1, 0.15) is 17.0 Å². The molecule has 3 heterocycles. The van der Waals surface area contributed by atoms with Crippen molar-refractivity contribution in [2.24, 2.45) is 0 Å². The van der Waals surface area contributed by atoms with Crippen LogP contribution >= 0.6 is 0 Å². The molecule has 0 radical (unpaired) electrons. The highest BCUT2D eigenvalue weighted by atomic mass is 16.3. The predicted molar refractivity (Wildman–Crippen MR) is 111 cm³/mol. The van der Waals surface area contributed by atoms with Gasteiger partial charge >= 0.3 is 0 Å². The minimum Gasteiger partial charge on any atom is -0.460 e. The molecule has 5 rings (SSSR count). The zero-order valence-corrected chi connectivity index (χ0v) is 17.5. The Morgan fingerprint density at radius 1 is 1.10 bits per heavy atom. The molecule has 3 aliphatic rings. The van der Waals surface area contributed by atoms with Crippen LogP contribution in [0, 0.1) is 6.92 Å². The zero-order chi connectivity index (χ0) is 20.2. The molecule has 2 amide bonds. The Bertz CT molecular complexity index is 946. The van der Waals surface area contributed by atoms with Gasteiger partial charge in [-0.25, -0.2) is 0 Å². The molecule has 1 N–H and O–H groups in total. The van der Waals surface area contributed by atoms with Crippen molar-refractivity contribution in [1.29, 1.82) is 0 Å². The number of amides is 2. The Morgan fingerprint density at radius 3 is 2.52 bits per heavy atom. The normalized spacial score (nSPS) is 26.3. The number of fused-ring (bicyclic) bond motifs is 3. The van der Waals surface area contributed by atoms with Gasteiger partial charge in [-0.2, -0.15) is 0 Å². The molecule has 2 aromatic rings. The van der Waals surface area contributed by atoms with Gasteiger partial charge < -0.3 is 19.2 Å². The van der Waals surface area contributed by atoms with Gasteiger partial charge in [0, 0.05) is 24.2 Å². The molecule has 1 aliphatic heterocycles. The molecule has 1 unspecified atom stereocenters. The van der Waals surface area contributed by atoms with Crippen LogP contribution in [-0.4, -0.2) is 38.9 Å². The highest BCUT2D eigenvalue weighted by Gasteiger charge is 2.51. The first kappa shape index (κ1) is 18.8. The van der Waals surface area contributed by atoms with Crippen LogP contribution in [0.1, 0.15) is 81.0 Å². The summed E-state index contributed by atoms with van der Waals surface area (Å²) >= 11 is 0. The standard InChI is InChI=1S/C23H31N3O3/c1-15-12-18-20(29-15)13-19-21(27)26(17-10-6-7-11-17)23(2,14-25(18)19)22(28)24-16-8-4-3-5-9-16/h12-13,16-17H,3-11,14H2,1-2H3,(H,24,28). The first-order valence-corrected chi connectivity index (χ1v) is 11.2. The van der Waals surface area contributed by atoms with E-state index >= 15 is 0 Å². The SMILES string of the molecule is Cc1cc2c(cc3n2CC(C)(C(=O)NC2CCCCC2)N(C2CCCC2)C3=O)o1. The van der Waals surface area contributed by atoms with Crippen molar-refractivity contribution in [2.45, 2.75) is 95.8 Å². The molecule has 6 nitrogen and oxygen atoms in total. The molecule has 2 aliphatic carbocycles. The number of carbonyl (C=O) groups excluding carboxylic acids is 2. The van der Waals surface area contributed by atoms with Crippen molar-refractivity contribution in [3.63, 3.8) is 0 Å². The van der Waals surface area contributed by atoms with E-state index in [4.69, 9.17) is 4.42 Å². The number of rotatable bonds is 3. The van der Waals surface area contributed by atoms with E-state index in [0.29, 0.717) is 12.2 Å². The molecule has 0 bridgehead atoms. The minimum absolute atomic E-state index is 0.00244. The van der Waals surface area contributed by atoms with Gasteiger partial charge in [0.15, 0.2) is 5.58 Å². The molecule has 0 spiro atoms. The molecule has 2 aromatic heterocycles. The number of hydrogen-bond acceptors (Lipinski definition) is 3. The van der Waals surface area contributed by atoms with Gasteiger partial charge in [-0.3, -0.25) is 9.59 Å². The fourth-order valence-electron chi connectivity index (χ4n) is 5.74. The van der Waals surface area contributed by atoms with Crippen LogP contribution in [0.2, 0.25) is 0 Å². The summed E-state index contributed by atoms with van der Waals surface area (Å²) in [7, 11) is 0. The molecule has 1 atom stereocenters. The van der Waals surface area contributed by atoms with Gasteiger partial charge in [0.05, 0.1) is 12.1 Å². The van der Waals surface area contributed by atoms with Gasteiger partial charge in [-0.1, -0.05) is 32.1 Å². The lowest BCUT2D eigenvalue weighted by atomic mass is 9.90. The van der Waals surface area contributed by atoms with Crippen molar-refractivity contribution in [3.05, 3.63) is 23.6 Å². The van der Waals surface area contributed by atoms with Crippen LogP contribution in [-0.2, 0) is 11.3 Å². The summed E-state index contributed by atoms with van der Waals surface area (Å²) in [5.74, 6) is 0.787. The average Bonchev–Trinajstić information content (AvgIpc) is 3.40. The third kappa shape index (κ3) is 2.99. The molecule has 2 fully saturated rings. The van der Waals surface area contributed by atoms with Gasteiger partial charge in [0.2, 0.25) is 5.91 Å². The summed E-state index contributed by atoms with van der Waals surface area (Å²) in [5.41, 5.74) is 1.41. The van der Waals surface area contributed by atoms with Gasteiger partial charge in [0.25, 0.3) is 5.91 Å². The lowest BCUT2D eigenvalue weighted by Gasteiger charge is -2.47. The van der Waals surface area contributed by atoms with E-state index in [1.54, 1.807) is 0 Å². The second-order valence-corrected chi connectivity index (χ2v) is 9.42. The highest BCUT2D eigenvalue weighted by molar-refractivity contribution is 6.03. The van der Waals surface area contributed by atoms with Crippen molar-refractivity contribution in [2.75, 3.05) is 0 Å². The summed E-state index contributed by atoms with van der Waals surface area (Å²) in [5, 5.41) is 3.31. The summed E-state index contributed by atoms with van der Waals surface area (Å²) in [6, 6.07) is 4.19. The molecule has 156 valence electrons. The third-order valence-electron chi connectivity index (χ3n) is 7.27. The van der Waals surface area contributed by atoms with Crippen molar-refractivity contribution < 1.29 is 14.0 Å². The van der Waals surface area contributed by atoms with Crippen LogP contribution in [0.3, 0.4) is 0 Å². The first-order valence-electron chi connectivity index (χ1n) is 11.2. The Hall–Kier alpha value is -2.24. The summed E-state index contributed by atoms with van der Waals surface area (Å²) < 4.78 is 7.79. The fraction of sp³-hybridized carbons (Fsp3) is 0.652. The van der Waals surface area contributed by atoms with E-state index in [0.717, 1.165) is 55.4 Å². The van der Waals surface area contributed by atoms with E-state index in [1.807, 2.05) is 35.4 Å². The largest absolute Gasteiger partial charge is 0.460 e. The number of hydrogen-bond donors (Lipinski definition) is 1. The Balaban J connectivity index is 1.54. The van der Waals surface area contributed by atoms with Crippen molar-refractivity contribution in [3.8, 4) is 0 Å². The Kier molecular flexibility index (Phi) is 4.48. The number of carbonyl (C=O) groups is 2. The number of nitrogens with one attached hydrogen (secondary N) is 1. The molecule has 2 saturated carbocycles. The molecule has 0 saturated heterocycles. The van der Waals surface area contributed by atoms with Gasteiger partial charge in [-0.05, 0) is 39.5 Å². The van der Waals surface area contributed by atoms with Crippen LogP contribution < -0.4 is 5.32 Å². The summed E-state index contributed by atoms with van der Waals surface area (Å²) in [6.45, 7) is 4.35. The lowest BCUT2D eigenvalue weighted by molar-refractivity contribution is -0.135. The zero-order valence-electron chi connectivity index (χ0n) is 17.5. The maximum atomic E-state index is 13.7. The van der Waals surface area contributed by atoms with Crippen LogP contribution in [0.25, 0.3) is 11.1 Å². The molecule has 29 heavy (non-hydrogen) atoms. The summed E-state index contributed by atoms with van der Waals surface area (Å²) in [4.78, 5) is 29.2. The second kappa shape index (κ2) is 6.92. The lowest BCUT2D eigenvalue weighted by Crippen LogP contribution is -2.67. The van der Waals surface area contributed by atoms with Crippen molar-refractivity contribution in [1.82, 2.24) is 14.8 Å². The number of aryl methyl sites for hydroxylation is 1. The quantitative estimate of drug-likeness (QED) is 0.846. The first-order chi connectivity index (χ1) is 14.0. The predicted octanol–water partition coefficient (Wildman–Crippen LogP) is 4.15. The Labute approximate surface area is 171 Å². The van der Waals surface area contributed by atoms with E-state index < -0.39 is 5.54 Å². The summed E-state index contributed by atoms with van der Waals surface area (Å²) in [6.07, 6.45) is 9.88. The van der Waals surface area contributed by atoms with E-state index in [2.05, 4.69) is 5.32 Å². The third-order valence-corrected chi connectivity index (χ3v) is 7.27. The minimum atomic E-state index is -0.881. The maximum Gasteiger partial charge on any atom is 0.271 e.